The van der Waals surface area contributed by atoms with E-state index in [1.54, 1.807) is 0 Å². The first-order chi connectivity index (χ1) is 9.72. The third-order valence-electron chi connectivity index (χ3n) is 4.10. The lowest BCUT2D eigenvalue weighted by atomic mass is 9.96. The molecule has 2 rings (SSSR count). The summed E-state index contributed by atoms with van der Waals surface area (Å²) in [7, 11) is 1.81. The van der Waals surface area contributed by atoms with Crippen LogP contribution >= 0.6 is 0 Å². The summed E-state index contributed by atoms with van der Waals surface area (Å²) in [5.41, 5.74) is 0. The molecule has 4 nitrogen and oxygen atoms in total. The van der Waals surface area contributed by atoms with Crippen molar-refractivity contribution in [3.8, 4) is 0 Å². The second-order valence-electron chi connectivity index (χ2n) is 5.82. The first-order valence-electron chi connectivity index (χ1n) is 7.76. The lowest BCUT2D eigenvalue weighted by molar-refractivity contribution is -0.00925. The van der Waals surface area contributed by atoms with Crippen LogP contribution in [0.1, 0.15) is 38.2 Å². The minimum absolute atomic E-state index is 0.351. The van der Waals surface area contributed by atoms with Crippen LogP contribution in [0.3, 0.4) is 0 Å². The minimum Gasteiger partial charge on any atom is -0.463 e. The van der Waals surface area contributed by atoms with Gasteiger partial charge in [0.2, 0.25) is 0 Å². The van der Waals surface area contributed by atoms with Crippen LogP contribution in [0.4, 0.5) is 0 Å². The molecule has 0 aromatic carbocycles. The Labute approximate surface area is 122 Å². The average Bonchev–Trinajstić information content (AvgIpc) is 2.89. The van der Waals surface area contributed by atoms with Crippen molar-refractivity contribution < 1.29 is 9.15 Å². The smallest absolute Gasteiger partial charge is 0.118 e. The van der Waals surface area contributed by atoms with Gasteiger partial charge >= 0.3 is 0 Å². The van der Waals surface area contributed by atoms with Gasteiger partial charge in [0.05, 0.1) is 19.2 Å². The first kappa shape index (κ1) is 15.5. The van der Waals surface area contributed by atoms with Gasteiger partial charge in [-0.25, -0.2) is 0 Å². The van der Waals surface area contributed by atoms with Crippen LogP contribution in [0.25, 0.3) is 0 Å². The Bertz CT molecular complexity index is 392. The van der Waals surface area contributed by atoms with Gasteiger partial charge in [0.1, 0.15) is 11.5 Å². The lowest BCUT2D eigenvalue weighted by Crippen LogP contribution is -2.43. The number of furan rings is 1. The molecule has 2 atom stereocenters. The molecule has 0 aliphatic carbocycles. The SMILES string of the molecule is CCCNCc1ccc(CN2CCC(C)C(OC)C2)o1. The Hall–Kier alpha value is -0.840. The summed E-state index contributed by atoms with van der Waals surface area (Å²) in [5.74, 6) is 2.74. The van der Waals surface area contributed by atoms with Crippen LogP contribution in [0, 0.1) is 5.92 Å². The van der Waals surface area contributed by atoms with Crippen LogP contribution in [0.2, 0.25) is 0 Å². The number of nitrogens with one attached hydrogen (secondary N) is 1. The number of rotatable bonds is 7. The summed E-state index contributed by atoms with van der Waals surface area (Å²) in [6.45, 7) is 9.33. The molecule has 1 aromatic rings. The van der Waals surface area contributed by atoms with E-state index in [9.17, 15) is 0 Å². The van der Waals surface area contributed by atoms with Gasteiger partial charge in [-0.15, -0.1) is 0 Å². The van der Waals surface area contributed by atoms with Crippen LogP contribution < -0.4 is 5.32 Å². The largest absolute Gasteiger partial charge is 0.463 e. The Morgan fingerprint density at radius 3 is 2.95 bits per heavy atom. The zero-order chi connectivity index (χ0) is 14.4. The standard InChI is InChI=1S/C16H28N2O2/c1-4-8-17-10-14-5-6-15(20-14)11-18-9-7-13(2)16(12-18)19-3/h5-6,13,16-17H,4,7-12H2,1-3H3. The fourth-order valence-electron chi connectivity index (χ4n) is 2.76. The number of hydrogen-bond acceptors (Lipinski definition) is 4. The van der Waals surface area contributed by atoms with E-state index in [2.05, 4.69) is 36.2 Å². The molecule has 1 aliphatic heterocycles. The maximum Gasteiger partial charge on any atom is 0.118 e. The van der Waals surface area contributed by atoms with Crippen LogP contribution in [-0.2, 0) is 17.8 Å². The first-order valence-corrected chi connectivity index (χ1v) is 7.76. The van der Waals surface area contributed by atoms with E-state index in [1.165, 1.54) is 6.42 Å². The monoisotopic (exact) mass is 280 g/mol. The van der Waals surface area contributed by atoms with Gasteiger partial charge in [-0.05, 0) is 44.0 Å². The molecule has 114 valence electrons. The maximum absolute atomic E-state index is 5.88. The quantitative estimate of drug-likeness (QED) is 0.779. The topological polar surface area (TPSA) is 37.6 Å². The van der Waals surface area contributed by atoms with Crippen LogP contribution in [-0.4, -0.2) is 37.7 Å². The Balaban J connectivity index is 1.81. The third-order valence-corrected chi connectivity index (χ3v) is 4.10. The van der Waals surface area contributed by atoms with Crippen molar-refractivity contribution in [3.05, 3.63) is 23.7 Å². The number of methoxy groups -OCH3 is 1. The van der Waals surface area contributed by atoms with E-state index in [-0.39, 0.29) is 0 Å². The van der Waals surface area contributed by atoms with E-state index < -0.39 is 0 Å². The lowest BCUT2D eigenvalue weighted by Gasteiger charge is -2.35. The molecule has 2 heterocycles. The molecular weight excluding hydrogens is 252 g/mol. The number of ether oxygens (including phenoxy) is 1. The third kappa shape index (κ3) is 4.33. The van der Waals surface area contributed by atoms with Crippen molar-refractivity contribution in [1.29, 1.82) is 0 Å². The van der Waals surface area contributed by atoms with Gasteiger partial charge in [0, 0.05) is 13.7 Å². The number of hydrogen-bond donors (Lipinski definition) is 1. The van der Waals surface area contributed by atoms with Gasteiger partial charge in [0.15, 0.2) is 0 Å². The number of piperidine rings is 1. The predicted octanol–water partition coefficient (Wildman–Crippen LogP) is 2.64. The highest BCUT2D eigenvalue weighted by molar-refractivity contribution is 5.07. The van der Waals surface area contributed by atoms with Crippen molar-refractivity contribution in [3.63, 3.8) is 0 Å². The fourth-order valence-corrected chi connectivity index (χ4v) is 2.76. The van der Waals surface area contributed by atoms with Gasteiger partial charge in [0.25, 0.3) is 0 Å². The second-order valence-corrected chi connectivity index (χ2v) is 5.82. The molecule has 1 saturated heterocycles. The Morgan fingerprint density at radius 2 is 2.20 bits per heavy atom. The van der Waals surface area contributed by atoms with E-state index in [0.29, 0.717) is 12.0 Å². The molecule has 0 saturated carbocycles. The average molecular weight is 280 g/mol. The van der Waals surface area contributed by atoms with Crippen molar-refractivity contribution in [2.45, 2.75) is 45.9 Å². The van der Waals surface area contributed by atoms with E-state index in [1.807, 2.05) is 7.11 Å². The van der Waals surface area contributed by atoms with Gasteiger partial charge < -0.3 is 14.5 Å². The fraction of sp³-hybridized carbons (Fsp3) is 0.750. The highest BCUT2D eigenvalue weighted by Crippen LogP contribution is 2.21. The van der Waals surface area contributed by atoms with Crippen LogP contribution in [0.15, 0.2) is 16.5 Å². The zero-order valence-electron chi connectivity index (χ0n) is 13.0. The summed E-state index contributed by atoms with van der Waals surface area (Å²) < 4.78 is 11.4. The Morgan fingerprint density at radius 1 is 1.40 bits per heavy atom. The molecule has 20 heavy (non-hydrogen) atoms. The number of nitrogens with zero attached hydrogens (tertiary/aromatic N) is 1. The molecule has 2 unspecified atom stereocenters. The van der Waals surface area contributed by atoms with E-state index in [4.69, 9.17) is 9.15 Å². The number of likely N-dealkylation sites (tertiary alicyclic amines) is 1. The van der Waals surface area contributed by atoms with Crippen molar-refractivity contribution in [2.75, 3.05) is 26.7 Å². The minimum atomic E-state index is 0.351. The summed E-state index contributed by atoms with van der Waals surface area (Å²) >= 11 is 0. The molecule has 1 fully saturated rings. The normalized spacial score (nSPS) is 24.1. The van der Waals surface area contributed by atoms with E-state index in [0.717, 1.165) is 50.7 Å². The summed E-state index contributed by atoms with van der Waals surface area (Å²) in [6.07, 6.45) is 2.70. The molecule has 0 bridgehead atoms. The van der Waals surface area contributed by atoms with E-state index >= 15 is 0 Å². The van der Waals surface area contributed by atoms with Gasteiger partial charge in [-0.2, -0.15) is 0 Å². The molecule has 1 N–H and O–H groups in total. The van der Waals surface area contributed by atoms with Crippen LogP contribution in [0.5, 0.6) is 0 Å². The Kier molecular flexibility index (Phi) is 6.07. The van der Waals surface area contributed by atoms with Crippen molar-refractivity contribution in [1.82, 2.24) is 10.2 Å². The summed E-state index contributed by atoms with van der Waals surface area (Å²) in [4.78, 5) is 2.43. The highest BCUT2D eigenvalue weighted by Gasteiger charge is 2.26. The predicted molar refractivity (Wildman–Crippen MR) is 80.6 cm³/mol. The molecule has 0 amide bonds. The molecule has 1 aromatic heterocycles. The molecule has 0 spiro atoms. The van der Waals surface area contributed by atoms with Crippen molar-refractivity contribution in [2.24, 2.45) is 5.92 Å². The summed E-state index contributed by atoms with van der Waals surface area (Å²) in [5, 5.41) is 3.36. The summed E-state index contributed by atoms with van der Waals surface area (Å²) in [6, 6.07) is 4.18. The zero-order valence-corrected chi connectivity index (χ0v) is 13.0. The highest BCUT2D eigenvalue weighted by atomic mass is 16.5. The molecule has 4 heteroatoms. The molecule has 0 radical (unpaired) electrons. The van der Waals surface area contributed by atoms with Crippen molar-refractivity contribution >= 4 is 0 Å². The van der Waals surface area contributed by atoms with Gasteiger partial charge in [-0.3, -0.25) is 4.90 Å². The maximum atomic E-state index is 5.88. The van der Waals surface area contributed by atoms with Gasteiger partial charge in [-0.1, -0.05) is 13.8 Å². The second kappa shape index (κ2) is 7.81. The molecular formula is C16H28N2O2. The molecule has 1 aliphatic rings.